The van der Waals surface area contributed by atoms with Crippen LogP contribution in [0.5, 0.6) is 5.75 Å². The first-order valence-electron chi connectivity index (χ1n) is 8.46. The van der Waals surface area contributed by atoms with Crippen LogP contribution < -0.4 is 4.18 Å². The van der Waals surface area contributed by atoms with Gasteiger partial charge < -0.3 is 13.3 Å². The Morgan fingerprint density at radius 2 is 1.93 bits per heavy atom. The fourth-order valence-electron chi connectivity index (χ4n) is 2.76. The molecule has 0 fully saturated rings. The molecule has 148 valence electrons. The monoisotopic (exact) mass is 429 g/mol. The Morgan fingerprint density at radius 1 is 1.14 bits per heavy atom. The van der Waals surface area contributed by atoms with Crippen molar-refractivity contribution in [3.05, 3.63) is 64.4 Å². The number of carbonyl (C=O) groups excluding carboxylic acids is 1. The molecule has 29 heavy (non-hydrogen) atoms. The molecule has 0 spiro atoms. The topological polar surface area (TPSA) is 95.7 Å². The van der Waals surface area contributed by atoms with E-state index in [0.29, 0.717) is 16.7 Å². The summed E-state index contributed by atoms with van der Waals surface area (Å²) in [5.41, 5.74) is 2.62. The van der Waals surface area contributed by atoms with Crippen molar-refractivity contribution in [2.45, 2.75) is 11.8 Å². The summed E-state index contributed by atoms with van der Waals surface area (Å²) >= 11 is 0.960. The van der Waals surface area contributed by atoms with E-state index in [1.807, 2.05) is 25.1 Å². The summed E-state index contributed by atoms with van der Waals surface area (Å²) in [6.07, 6.45) is 0. The van der Waals surface area contributed by atoms with E-state index in [1.165, 1.54) is 24.6 Å². The molecule has 0 unspecified atom stereocenters. The highest BCUT2D eigenvalue weighted by Gasteiger charge is 2.28. The van der Waals surface area contributed by atoms with Crippen LogP contribution in [-0.2, 0) is 14.9 Å². The summed E-state index contributed by atoms with van der Waals surface area (Å²) in [6.45, 7) is 1.94. The van der Waals surface area contributed by atoms with E-state index in [-0.39, 0.29) is 21.4 Å². The molecule has 0 radical (unpaired) electrons. The van der Waals surface area contributed by atoms with Crippen LogP contribution in [0.15, 0.2) is 63.2 Å². The predicted octanol–water partition coefficient (Wildman–Crippen LogP) is 4.42. The number of fused-ring (bicyclic) bond motifs is 1. The van der Waals surface area contributed by atoms with E-state index in [9.17, 15) is 13.2 Å². The number of esters is 1. The van der Waals surface area contributed by atoms with Gasteiger partial charge in [-0.25, -0.2) is 9.78 Å². The number of benzene rings is 2. The molecule has 4 aromatic rings. The lowest BCUT2D eigenvalue weighted by Crippen LogP contribution is -2.13. The third kappa shape index (κ3) is 3.62. The van der Waals surface area contributed by atoms with Crippen LogP contribution >= 0.6 is 11.3 Å². The lowest BCUT2D eigenvalue weighted by atomic mass is 10.2. The van der Waals surface area contributed by atoms with Gasteiger partial charge in [0.05, 0.1) is 12.7 Å². The fourth-order valence-corrected chi connectivity index (χ4v) is 5.02. The fraction of sp³-hybridized carbons (Fsp3) is 0.100. The molecule has 0 aliphatic carbocycles. The van der Waals surface area contributed by atoms with Gasteiger partial charge in [-0.1, -0.05) is 18.2 Å². The number of aryl methyl sites for hydroxylation is 1. The smallest absolute Gasteiger partial charge is 0.349 e. The van der Waals surface area contributed by atoms with Crippen LogP contribution in [-0.4, -0.2) is 26.5 Å². The van der Waals surface area contributed by atoms with Crippen LogP contribution in [0.4, 0.5) is 0 Å². The number of hydrogen-bond acceptors (Lipinski definition) is 8. The first kappa shape index (κ1) is 19.2. The Hall–Kier alpha value is -3.17. The van der Waals surface area contributed by atoms with Gasteiger partial charge in [0.15, 0.2) is 11.3 Å². The highest BCUT2D eigenvalue weighted by molar-refractivity contribution is 7.87. The summed E-state index contributed by atoms with van der Waals surface area (Å²) in [6, 6.07) is 13.4. The second-order valence-electron chi connectivity index (χ2n) is 6.13. The largest absolute Gasteiger partial charge is 0.465 e. The first-order chi connectivity index (χ1) is 13.9. The minimum Gasteiger partial charge on any atom is -0.465 e. The zero-order chi connectivity index (χ0) is 20.6. The van der Waals surface area contributed by atoms with Gasteiger partial charge in [-0.3, -0.25) is 0 Å². The van der Waals surface area contributed by atoms with E-state index < -0.39 is 16.1 Å². The van der Waals surface area contributed by atoms with Crippen LogP contribution in [0.3, 0.4) is 0 Å². The van der Waals surface area contributed by atoms with Crippen molar-refractivity contribution in [3.63, 3.8) is 0 Å². The van der Waals surface area contributed by atoms with Crippen LogP contribution in [0.25, 0.3) is 22.6 Å². The number of ether oxygens (including phenoxy) is 1. The predicted molar refractivity (Wildman–Crippen MR) is 108 cm³/mol. The highest BCUT2D eigenvalue weighted by atomic mass is 32.2. The average molecular weight is 429 g/mol. The number of nitrogens with zero attached hydrogens (tertiary/aromatic N) is 1. The van der Waals surface area contributed by atoms with Crippen molar-refractivity contribution in [1.82, 2.24) is 4.98 Å². The van der Waals surface area contributed by atoms with Gasteiger partial charge >= 0.3 is 16.1 Å². The summed E-state index contributed by atoms with van der Waals surface area (Å²) in [4.78, 5) is 16.0. The Labute approximate surface area is 170 Å². The number of hydrogen-bond donors (Lipinski definition) is 0. The summed E-state index contributed by atoms with van der Waals surface area (Å²) in [7, 11) is -3.10. The number of para-hydroxylation sites is 1. The standard InChI is InChI=1S/C20H15NO6S2/c1-12-7-8-14-16(11-12)26-19(21-14)13-5-3-4-6-15(13)27-29(23,24)17-9-10-28-18(17)20(22)25-2/h3-11H,1-2H3. The zero-order valence-corrected chi connectivity index (χ0v) is 17.0. The minimum atomic E-state index is -4.28. The highest BCUT2D eigenvalue weighted by Crippen LogP contribution is 2.34. The lowest BCUT2D eigenvalue weighted by Gasteiger charge is -2.09. The van der Waals surface area contributed by atoms with Crippen molar-refractivity contribution in [2.24, 2.45) is 0 Å². The van der Waals surface area contributed by atoms with Gasteiger partial charge in [-0.2, -0.15) is 8.42 Å². The summed E-state index contributed by atoms with van der Waals surface area (Å²) < 4.78 is 41.5. The van der Waals surface area contributed by atoms with Crippen LogP contribution in [0.1, 0.15) is 15.2 Å². The first-order valence-corrected chi connectivity index (χ1v) is 10.7. The minimum absolute atomic E-state index is 0.0396. The Balaban J connectivity index is 1.75. The third-order valence-electron chi connectivity index (χ3n) is 4.13. The van der Waals surface area contributed by atoms with E-state index in [2.05, 4.69) is 9.72 Å². The van der Waals surface area contributed by atoms with Gasteiger partial charge in [-0.05, 0) is 48.2 Å². The zero-order valence-electron chi connectivity index (χ0n) is 15.4. The molecule has 7 nitrogen and oxygen atoms in total. The van der Waals surface area contributed by atoms with Gasteiger partial charge in [0, 0.05) is 0 Å². The molecule has 0 N–H and O–H groups in total. The molecule has 0 aliphatic rings. The number of aromatic nitrogens is 1. The number of oxazole rings is 1. The van der Waals surface area contributed by atoms with E-state index in [4.69, 9.17) is 8.60 Å². The van der Waals surface area contributed by atoms with Gasteiger partial charge in [0.2, 0.25) is 5.89 Å². The van der Waals surface area contributed by atoms with Crippen molar-refractivity contribution in [1.29, 1.82) is 0 Å². The molecule has 9 heteroatoms. The molecule has 0 bridgehead atoms. The maximum absolute atomic E-state index is 12.8. The van der Waals surface area contributed by atoms with E-state index in [0.717, 1.165) is 16.9 Å². The maximum atomic E-state index is 12.8. The molecule has 0 amide bonds. The molecule has 2 aromatic carbocycles. The summed E-state index contributed by atoms with van der Waals surface area (Å²) in [5, 5.41) is 1.48. The number of methoxy groups -OCH3 is 1. The number of thiophene rings is 1. The second kappa shape index (κ2) is 7.34. The molecule has 0 atom stereocenters. The average Bonchev–Trinajstić information content (AvgIpc) is 3.34. The second-order valence-corrected chi connectivity index (χ2v) is 8.56. The van der Waals surface area contributed by atoms with Crippen molar-refractivity contribution in [2.75, 3.05) is 7.11 Å². The molecule has 2 aromatic heterocycles. The Kier molecular flexibility index (Phi) is 4.85. The Bertz CT molecular complexity index is 1320. The van der Waals surface area contributed by atoms with Gasteiger partial charge in [0.1, 0.15) is 15.3 Å². The maximum Gasteiger partial charge on any atom is 0.349 e. The molecule has 2 heterocycles. The molecule has 4 rings (SSSR count). The normalized spacial score (nSPS) is 11.5. The van der Waals surface area contributed by atoms with Crippen molar-refractivity contribution in [3.8, 4) is 17.2 Å². The quantitative estimate of drug-likeness (QED) is 0.342. The van der Waals surface area contributed by atoms with E-state index >= 15 is 0 Å². The third-order valence-corrected chi connectivity index (χ3v) is 6.43. The van der Waals surface area contributed by atoms with Crippen LogP contribution in [0.2, 0.25) is 0 Å². The SMILES string of the molecule is COC(=O)c1sccc1S(=O)(=O)Oc1ccccc1-c1nc2ccc(C)cc2o1. The number of rotatable bonds is 5. The molecule has 0 aliphatic heterocycles. The van der Waals surface area contributed by atoms with Crippen LogP contribution in [0, 0.1) is 6.92 Å². The lowest BCUT2D eigenvalue weighted by molar-refractivity contribution is 0.0602. The number of carbonyl (C=O) groups is 1. The molecular formula is C20H15NO6S2. The summed E-state index contributed by atoms with van der Waals surface area (Å²) in [5.74, 6) is -0.475. The van der Waals surface area contributed by atoms with E-state index in [1.54, 1.807) is 18.2 Å². The van der Waals surface area contributed by atoms with Crippen molar-refractivity contribution < 1.29 is 26.5 Å². The molecule has 0 saturated heterocycles. The molecular weight excluding hydrogens is 414 g/mol. The van der Waals surface area contributed by atoms with Crippen molar-refractivity contribution >= 4 is 38.5 Å². The molecule has 0 saturated carbocycles. The van der Waals surface area contributed by atoms with Gasteiger partial charge in [0.25, 0.3) is 0 Å². The van der Waals surface area contributed by atoms with Gasteiger partial charge in [-0.15, -0.1) is 11.3 Å². The Morgan fingerprint density at radius 3 is 2.72 bits per heavy atom.